The summed E-state index contributed by atoms with van der Waals surface area (Å²) in [5.41, 5.74) is 0.693. The fourth-order valence-electron chi connectivity index (χ4n) is 2.57. The molecule has 3 rings (SSSR count). The van der Waals surface area contributed by atoms with Gasteiger partial charge in [0.15, 0.2) is 0 Å². The van der Waals surface area contributed by atoms with E-state index in [9.17, 15) is 9.18 Å². The molecule has 0 bridgehead atoms. The minimum Gasteiger partial charge on any atom is -0.443 e. The van der Waals surface area contributed by atoms with E-state index in [1.807, 2.05) is 0 Å². The molecule has 7 heteroatoms. The predicted octanol–water partition coefficient (Wildman–Crippen LogP) is 6.01. The average Bonchev–Trinajstić information content (AvgIpc) is 2.61. The van der Waals surface area contributed by atoms with Gasteiger partial charge in [0, 0.05) is 23.0 Å². The summed E-state index contributed by atoms with van der Waals surface area (Å²) in [6, 6.07) is 11.6. The summed E-state index contributed by atoms with van der Waals surface area (Å²) in [6.07, 6.45) is 3.53. The smallest absolute Gasteiger partial charge is 0.420 e. The van der Waals surface area contributed by atoms with Crippen LogP contribution < -0.4 is 4.90 Å². The van der Waals surface area contributed by atoms with Gasteiger partial charge in [-0.1, -0.05) is 17.7 Å². The Hall–Kier alpha value is -2.99. The van der Waals surface area contributed by atoms with Crippen LogP contribution in [0.3, 0.4) is 0 Å². The highest BCUT2D eigenvalue weighted by Gasteiger charge is 2.26. The highest BCUT2D eigenvalue weighted by atomic mass is 35.5. The monoisotopic (exact) mass is 399 g/mol. The minimum atomic E-state index is -0.706. The topological polar surface area (TPSA) is 55.3 Å². The van der Waals surface area contributed by atoms with Crippen molar-refractivity contribution >= 4 is 29.2 Å². The van der Waals surface area contributed by atoms with Crippen LogP contribution in [-0.2, 0) is 4.74 Å². The highest BCUT2D eigenvalue weighted by molar-refractivity contribution is 6.31. The molecular weight excluding hydrogens is 381 g/mol. The van der Waals surface area contributed by atoms with E-state index in [1.54, 1.807) is 63.2 Å². The predicted molar refractivity (Wildman–Crippen MR) is 107 cm³/mol. The number of carbonyl (C=O) groups is 1. The molecule has 1 aromatic carbocycles. The second-order valence-electron chi connectivity index (χ2n) is 7.05. The van der Waals surface area contributed by atoms with Gasteiger partial charge in [0.05, 0.1) is 11.9 Å². The molecule has 0 saturated heterocycles. The largest absolute Gasteiger partial charge is 0.443 e. The van der Waals surface area contributed by atoms with E-state index in [0.29, 0.717) is 21.8 Å². The Morgan fingerprint density at radius 3 is 2.61 bits per heavy atom. The number of hydrogen-bond donors (Lipinski definition) is 0. The van der Waals surface area contributed by atoms with Crippen molar-refractivity contribution in [2.75, 3.05) is 4.90 Å². The van der Waals surface area contributed by atoms with E-state index >= 15 is 0 Å². The SMILES string of the molecule is CC(C)(C)OC(=O)N(c1cccc(Cl)c1)c1cc(-c2ccncc2F)ccn1. The standard InChI is InChI=1S/C21H19ClFN3O2/c1-21(2,3)28-20(27)26(16-6-4-5-15(22)12-16)19-11-14(7-10-25-19)17-8-9-24-13-18(17)23/h4-13H,1-3H3. The number of anilines is 2. The first kappa shape index (κ1) is 19.8. The number of benzene rings is 1. The van der Waals surface area contributed by atoms with E-state index in [2.05, 4.69) is 9.97 Å². The van der Waals surface area contributed by atoms with Crippen molar-refractivity contribution in [2.24, 2.45) is 0 Å². The van der Waals surface area contributed by atoms with Crippen LogP contribution in [0.15, 0.2) is 61.1 Å². The van der Waals surface area contributed by atoms with E-state index in [1.165, 1.54) is 17.3 Å². The molecule has 0 N–H and O–H groups in total. The molecule has 0 aliphatic carbocycles. The van der Waals surface area contributed by atoms with E-state index in [0.717, 1.165) is 6.20 Å². The summed E-state index contributed by atoms with van der Waals surface area (Å²) >= 11 is 6.11. The third kappa shape index (κ3) is 4.64. The summed E-state index contributed by atoms with van der Waals surface area (Å²) < 4.78 is 19.7. The molecule has 1 amide bonds. The number of nitrogens with zero attached hydrogens (tertiary/aromatic N) is 3. The van der Waals surface area contributed by atoms with Crippen LogP contribution in [0.1, 0.15) is 20.8 Å². The number of rotatable bonds is 3. The molecule has 2 aromatic heterocycles. The van der Waals surface area contributed by atoms with Crippen molar-refractivity contribution in [3.8, 4) is 11.1 Å². The number of hydrogen-bond acceptors (Lipinski definition) is 4. The first-order valence-corrected chi connectivity index (χ1v) is 8.97. The molecule has 2 heterocycles. The maximum atomic E-state index is 14.2. The number of carbonyl (C=O) groups excluding carboxylic acids is 1. The van der Waals surface area contributed by atoms with Crippen LogP contribution in [-0.4, -0.2) is 21.7 Å². The molecule has 3 aromatic rings. The normalized spacial score (nSPS) is 11.2. The fourth-order valence-corrected chi connectivity index (χ4v) is 2.76. The number of amides is 1. The zero-order chi connectivity index (χ0) is 20.3. The van der Waals surface area contributed by atoms with Crippen molar-refractivity contribution in [3.05, 3.63) is 71.9 Å². The Morgan fingerprint density at radius 2 is 1.93 bits per heavy atom. The number of halogens is 2. The van der Waals surface area contributed by atoms with Crippen LogP contribution in [0.25, 0.3) is 11.1 Å². The third-order valence-corrected chi connectivity index (χ3v) is 3.94. The van der Waals surface area contributed by atoms with Crippen molar-refractivity contribution in [2.45, 2.75) is 26.4 Å². The Bertz CT molecular complexity index is 1000. The third-order valence-electron chi connectivity index (χ3n) is 3.70. The second-order valence-corrected chi connectivity index (χ2v) is 7.49. The molecule has 0 saturated carbocycles. The number of aromatic nitrogens is 2. The van der Waals surface area contributed by atoms with Crippen LogP contribution in [0.5, 0.6) is 0 Å². The van der Waals surface area contributed by atoms with Crippen LogP contribution in [0.2, 0.25) is 5.02 Å². The Morgan fingerprint density at radius 1 is 1.14 bits per heavy atom. The molecule has 0 radical (unpaired) electrons. The van der Waals surface area contributed by atoms with Gasteiger partial charge in [-0.25, -0.2) is 19.1 Å². The quantitative estimate of drug-likeness (QED) is 0.541. The van der Waals surface area contributed by atoms with Gasteiger partial charge in [-0.15, -0.1) is 0 Å². The first-order valence-electron chi connectivity index (χ1n) is 8.59. The molecule has 0 spiro atoms. The van der Waals surface area contributed by atoms with Crippen LogP contribution in [0, 0.1) is 5.82 Å². The number of ether oxygens (including phenoxy) is 1. The Kier molecular flexibility index (Phi) is 5.61. The summed E-state index contributed by atoms with van der Waals surface area (Å²) in [4.78, 5) is 22.3. The van der Waals surface area contributed by atoms with Gasteiger partial charge >= 0.3 is 6.09 Å². The maximum absolute atomic E-state index is 14.2. The van der Waals surface area contributed by atoms with E-state index in [4.69, 9.17) is 16.3 Å². The van der Waals surface area contributed by atoms with Crippen LogP contribution >= 0.6 is 11.6 Å². The number of pyridine rings is 2. The highest BCUT2D eigenvalue weighted by Crippen LogP contribution is 2.31. The van der Waals surface area contributed by atoms with E-state index in [-0.39, 0.29) is 5.82 Å². The Labute approximate surface area is 167 Å². The van der Waals surface area contributed by atoms with Crippen molar-refractivity contribution in [1.82, 2.24) is 9.97 Å². The molecule has 0 unspecified atom stereocenters. The summed E-state index contributed by atoms with van der Waals surface area (Å²) in [5.74, 6) is -0.184. The van der Waals surface area contributed by atoms with Gasteiger partial charge in [-0.2, -0.15) is 0 Å². The lowest BCUT2D eigenvalue weighted by molar-refractivity contribution is 0.0598. The molecular formula is C21H19ClFN3O2. The van der Waals surface area contributed by atoms with Gasteiger partial charge in [-0.3, -0.25) is 4.98 Å². The summed E-state index contributed by atoms with van der Waals surface area (Å²) in [7, 11) is 0. The lowest BCUT2D eigenvalue weighted by Crippen LogP contribution is -2.34. The molecule has 0 aliphatic heterocycles. The van der Waals surface area contributed by atoms with Crippen LogP contribution in [0.4, 0.5) is 20.7 Å². The van der Waals surface area contributed by atoms with Gasteiger partial charge in [0.25, 0.3) is 0 Å². The molecule has 5 nitrogen and oxygen atoms in total. The second kappa shape index (κ2) is 7.94. The van der Waals surface area contributed by atoms with Crippen molar-refractivity contribution in [3.63, 3.8) is 0 Å². The molecule has 28 heavy (non-hydrogen) atoms. The van der Waals surface area contributed by atoms with Crippen molar-refractivity contribution < 1.29 is 13.9 Å². The Balaban J connectivity index is 2.09. The van der Waals surface area contributed by atoms with E-state index < -0.39 is 17.5 Å². The molecule has 0 aliphatic rings. The minimum absolute atomic E-state index is 0.283. The fraction of sp³-hybridized carbons (Fsp3) is 0.190. The lowest BCUT2D eigenvalue weighted by atomic mass is 10.1. The summed E-state index contributed by atoms with van der Waals surface area (Å²) in [5, 5.41) is 0.461. The van der Waals surface area contributed by atoms with Gasteiger partial charge in [0.2, 0.25) is 0 Å². The molecule has 144 valence electrons. The van der Waals surface area contributed by atoms with Gasteiger partial charge in [-0.05, 0) is 62.7 Å². The molecule has 0 fully saturated rings. The van der Waals surface area contributed by atoms with Gasteiger partial charge in [0.1, 0.15) is 17.2 Å². The summed E-state index contributed by atoms with van der Waals surface area (Å²) in [6.45, 7) is 5.33. The van der Waals surface area contributed by atoms with Gasteiger partial charge < -0.3 is 4.74 Å². The first-order chi connectivity index (χ1) is 13.2. The average molecular weight is 400 g/mol. The van der Waals surface area contributed by atoms with Crippen molar-refractivity contribution in [1.29, 1.82) is 0 Å². The lowest BCUT2D eigenvalue weighted by Gasteiger charge is -2.27. The zero-order valence-electron chi connectivity index (χ0n) is 15.7. The molecule has 0 atom stereocenters. The zero-order valence-corrected chi connectivity index (χ0v) is 16.4. The maximum Gasteiger partial charge on any atom is 0.420 e.